The second kappa shape index (κ2) is 7.85. The number of halogens is 1. The Morgan fingerprint density at radius 2 is 2.12 bits per heavy atom. The lowest BCUT2D eigenvalue weighted by Crippen LogP contribution is -2.36. The second-order valence-electron chi connectivity index (χ2n) is 6.02. The second-order valence-corrected chi connectivity index (χ2v) is 8.97. The summed E-state index contributed by atoms with van der Waals surface area (Å²) in [5.41, 5.74) is 6.18. The molecule has 134 valence electrons. The molecule has 3 heterocycles. The minimum atomic E-state index is 0.511. The predicted octanol–water partition coefficient (Wildman–Crippen LogP) is 3.89. The van der Waals surface area contributed by atoms with Gasteiger partial charge in [-0.05, 0) is 41.1 Å². The number of rotatable bonds is 4. The zero-order valence-corrected chi connectivity index (χ0v) is 17.2. The van der Waals surface area contributed by atoms with E-state index in [-0.39, 0.29) is 0 Å². The Morgan fingerprint density at radius 3 is 2.92 bits per heavy atom. The van der Waals surface area contributed by atoms with Gasteiger partial charge in [0.1, 0.15) is 0 Å². The number of morpholine rings is 1. The first-order chi connectivity index (χ1) is 12.7. The van der Waals surface area contributed by atoms with Crippen LogP contribution < -0.4 is 10.3 Å². The Labute approximate surface area is 169 Å². The number of benzene rings is 1. The lowest BCUT2D eigenvalue weighted by atomic mass is 10.2. The van der Waals surface area contributed by atoms with Crippen molar-refractivity contribution in [1.82, 2.24) is 9.97 Å². The van der Waals surface area contributed by atoms with Crippen molar-refractivity contribution in [3.8, 4) is 0 Å². The quantitative estimate of drug-likeness (QED) is 0.350. The molecule has 1 aliphatic rings. The van der Waals surface area contributed by atoms with Crippen LogP contribution in [-0.2, 0) is 4.74 Å². The summed E-state index contributed by atoms with van der Waals surface area (Å²) in [4.78, 5) is 11.6. The molecule has 1 N–H and O–H groups in total. The van der Waals surface area contributed by atoms with Gasteiger partial charge in [0.15, 0.2) is 5.82 Å². The van der Waals surface area contributed by atoms with Gasteiger partial charge in [0, 0.05) is 13.1 Å². The van der Waals surface area contributed by atoms with E-state index in [4.69, 9.17) is 9.72 Å². The molecule has 3 aromatic rings. The van der Waals surface area contributed by atoms with E-state index in [1.54, 1.807) is 17.6 Å². The molecule has 0 amide bonds. The normalized spacial score (nSPS) is 15.1. The smallest absolute Gasteiger partial charge is 0.246 e. The van der Waals surface area contributed by atoms with Crippen LogP contribution in [0.5, 0.6) is 0 Å². The van der Waals surface area contributed by atoms with Crippen molar-refractivity contribution in [3.63, 3.8) is 0 Å². The van der Waals surface area contributed by atoms with Crippen LogP contribution in [0.4, 0.5) is 11.8 Å². The molecule has 1 aliphatic heterocycles. The van der Waals surface area contributed by atoms with Gasteiger partial charge < -0.3 is 9.64 Å². The van der Waals surface area contributed by atoms with E-state index in [9.17, 15) is 0 Å². The third-order valence-corrected chi connectivity index (χ3v) is 5.94. The summed E-state index contributed by atoms with van der Waals surface area (Å²) in [6.07, 6.45) is 1.78. The van der Waals surface area contributed by atoms with Crippen molar-refractivity contribution in [2.75, 3.05) is 36.6 Å². The highest BCUT2D eigenvalue weighted by Crippen LogP contribution is 2.33. The number of aromatic nitrogens is 2. The Morgan fingerprint density at radius 1 is 1.27 bits per heavy atom. The molecule has 4 rings (SSSR count). The minimum absolute atomic E-state index is 0.511. The van der Waals surface area contributed by atoms with Gasteiger partial charge in [0.05, 0.1) is 32.5 Å². The average Bonchev–Trinajstić information content (AvgIpc) is 3.02. The van der Waals surface area contributed by atoms with Gasteiger partial charge in [-0.3, -0.25) is 0 Å². The molecule has 1 aromatic carbocycles. The number of hydrazone groups is 1. The lowest BCUT2D eigenvalue weighted by Gasteiger charge is -2.28. The molecule has 0 atom stereocenters. The molecule has 26 heavy (non-hydrogen) atoms. The first kappa shape index (κ1) is 17.6. The van der Waals surface area contributed by atoms with E-state index in [0.29, 0.717) is 5.95 Å². The van der Waals surface area contributed by atoms with Crippen molar-refractivity contribution in [3.05, 3.63) is 44.3 Å². The summed E-state index contributed by atoms with van der Waals surface area (Å²) in [5, 5.41) is 4.31. The maximum Gasteiger partial charge on any atom is 0.246 e. The number of hydrogen-bond acceptors (Lipinski definition) is 7. The highest BCUT2D eigenvalue weighted by atomic mass is 127. The maximum atomic E-state index is 5.47. The molecule has 1 fully saturated rings. The molecule has 2 aromatic heterocycles. The molecule has 0 bridgehead atoms. The Hall–Kier alpha value is -1.78. The highest BCUT2D eigenvalue weighted by molar-refractivity contribution is 14.1. The highest BCUT2D eigenvalue weighted by Gasteiger charge is 2.19. The van der Waals surface area contributed by atoms with Crippen LogP contribution in [0.3, 0.4) is 0 Å². The monoisotopic (exact) mass is 479 g/mol. The molecule has 0 radical (unpaired) electrons. The largest absolute Gasteiger partial charge is 0.378 e. The van der Waals surface area contributed by atoms with E-state index in [0.717, 1.165) is 47.9 Å². The molecule has 0 unspecified atom stereocenters. The number of fused-ring (bicyclic) bond motifs is 1. The number of hydrogen-bond donors (Lipinski definition) is 1. The van der Waals surface area contributed by atoms with Crippen LogP contribution in [0.1, 0.15) is 11.1 Å². The predicted molar refractivity (Wildman–Crippen MR) is 116 cm³/mol. The molecule has 0 saturated carbocycles. The summed E-state index contributed by atoms with van der Waals surface area (Å²) in [5.74, 6) is 1.47. The summed E-state index contributed by atoms with van der Waals surface area (Å²) in [6, 6.07) is 10.3. The minimum Gasteiger partial charge on any atom is -0.378 e. The Kier molecular flexibility index (Phi) is 5.32. The van der Waals surface area contributed by atoms with Gasteiger partial charge in [-0.15, -0.1) is 11.3 Å². The summed E-state index contributed by atoms with van der Waals surface area (Å²) in [6.45, 7) is 5.19. The van der Waals surface area contributed by atoms with E-state index >= 15 is 0 Å². The standard InChI is InChI=1S/C18H18IN5OS/c1-12-3-2-4-13(9-12)11-20-23-18-21-14-10-15(19)26-16(14)17(22-18)24-5-7-25-8-6-24/h2-4,9-11H,5-8H2,1H3,(H,21,22,23)/b20-11+. The zero-order valence-electron chi connectivity index (χ0n) is 14.3. The lowest BCUT2D eigenvalue weighted by molar-refractivity contribution is 0.122. The number of nitrogens with one attached hydrogen (secondary N) is 1. The van der Waals surface area contributed by atoms with E-state index in [2.05, 4.69) is 68.1 Å². The first-order valence-corrected chi connectivity index (χ1v) is 10.2. The van der Waals surface area contributed by atoms with Gasteiger partial charge in [-0.2, -0.15) is 10.1 Å². The number of thiophene rings is 1. The van der Waals surface area contributed by atoms with E-state index in [1.807, 2.05) is 12.1 Å². The summed E-state index contributed by atoms with van der Waals surface area (Å²) in [7, 11) is 0. The van der Waals surface area contributed by atoms with Gasteiger partial charge >= 0.3 is 0 Å². The fraction of sp³-hybridized carbons (Fsp3) is 0.278. The van der Waals surface area contributed by atoms with Crippen LogP contribution in [0.15, 0.2) is 35.4 Å². The van der Waals surface area contributed by atoms with E-state index < -0.39 is 0 Å². The maximum absolute atomic E-state index is 5.47. The fourth-order valence-electron chi connectivity index (χ4n) is 2.84. The van der Waals surface area contributed by atoms with Crippen molar-refractivity contribution >= 4 is 62.1 Å². The third kappa shape index (κ3) is 3.97. The van der Waals surface area contributed by atoms with Crippen LogP contribution in [-0.4, -0.2) is 42.5 Å². The molecular formula is C18H18IN5OS. The van der Waals surface area contributed by atoms with Crippen LogP contribution in [0.2, 0.25) is 0 Å². The molecule has 8 heteroatoms. The fourth-order valence-corrected chi connectivity index (χ4v) is 4.64. The van der Waals surface area contributed by atoms with Crippen LogP contribution >= 0.6 is 33.9 Å². The van der Waals surface area contributed by atoms with Crippen LogP contribution in [0.25, 0.3) is 10.2 Å². The molecule has 6 nitrogen and oxygen atoms in total. The van der Waals surface area contributed by atoms with Gasteiger partial charge in [0.2, 0.25) is 5.95 Å². The van der Waals surface area contributed by atoms with Gasteiger partial charge in [-0.1, -0.05) is 29.8 Å². The van der Waals surface area contributed by atoms with Crippen LogP contribution in [0, 0.1) is 9.81 Å². The number of nitrogens with zero attached hydrogens (tertiary/aromatic N) is 4. The summed E-state index contributed by atoms with van der Waals surface area (Å²) < 4.78 is 7.78. The summed E-state index contributed by atoms with van der Waals surface area (Å²) >= 11 is 4.05. The molecule has 0 aliphatic carbocycles. The molecular weight excluding hydrogens is 461 g/mol. The molecule has 1 saturated heterocycles. The number of aryl methyl sites for hydroxylation is 1. The first-order valence-electron chi connectivity index (χ1n) is 8.34. The topological polar surface area (TPSA) is 62.6 Å². The van der Waals surface area contributed by atoms with Gasteiger partial charge in [0.25, 0.3) is 0 Å². The average molecular weight is 479 g/mol. The van der Waals surface area contributed by atoms with Crippen molar-refractivity contribution in [2.24, 2.45) is 5.10 Å². The van der Waals surface area contributed by atoms with Gasteiger partial charge in [-0.25, -0.2) is 10.4 Å². The number of anilines is 2. The zero-order chi connectivity index (χ0) is 17.9. The Balaban J connectivity index is 1.62. The number of ether oxygens (including phenoxy) is 1. The van der Waals surface area contributed by atoms with Crippen molar-refractivity contribution in [2.45, 2.75) is 6.92 Å². The third-order valence-electron chi connectivity index (χ3n) is 4.05. The molecule has 0 spiro atoms. The van der Waals surface area contributed by atoms with Crippen molar-refractivity contribution in [1.29, 1.82) is 0 Å². The Bertz CT molecular complexity index is 952. The van der Waals surface area contributed by atoms with E-state index in [1.165, 1.54) is 8.45 Å². The van der Waals surface area contributed by atoms with Crippen molar-refractivity contribution < 1.29 is 4.74 Å². The SMILES string of the molecule is Cc1cccc(/C=N/Nc2nc(N3CCOCC3)c3sc(I)cc3n2)c1.